The largest absolute Gasteiger partial charge is 0.493 e. The van der Waals surface area contributed by atoms with Gasteiger partial charge in [0.2, 0.25) is 0 Å². The summed E-state index contributed by atoms with van der Waals surface area (Å²) in [6, 6.07) is 11.1. The molecule has 0 amide bonds. The van der Waals surface area contributed by atoms with Gasteiger partial charge in [-0.15, -0.1) is 0 Å². The van der Waals surface area contributed by atoms with E-state index in [0.717, 1.165) is 30.8 Å². The average molecular weight is 397 g/mol. The molecule has 2 aromatic carbocycles. The average Bonchev–Trinajstić information content (AvgIpc) is 3.05. The Kier molecular flexibility index (Phi) is 4.13. The third-order valence-electron chi connectivity index (χ3n) is 6.17. The van der Waals surface area contributed by atoms with Crippen molar-refractivity contribution in [2.24, 2.45) is 0 Å². The molecule has 4 nitrogen and oxygen atoms in total. The molecule has 1 heterocycles. The van der Waals surface area contributed by atoms with Crippen molar-refractivity contribution < 1.29 is 19.0 Å². The van der Waals surface area contributed by atoms with E-state index in [2.05, 4.69) is 12.1 Å². The Labute approximate surface area is 169 Å². The number of esters is 1. The minimum absolute atomic E-state index is 0.0631. The van der Waals surface area contributed by atoms with E-state index in [1.807, 2.05) is 12.1 Å². The van der Waals surface area contributed by atoms with Crippen LogP contribution in [0.2, 0.25) is 5.02 Å². The first-order valence-electron chi connectivity index (χ1n) is 9.64. The Bertz CT molecular complexity index is 983. The zero-order chi connectivity index (χ0) is 19.3. The van der Waals surface area contributed by atoms with E-state index in [-0.39, 0.29) is 17.6 Å². The molecular weight excluding hydrogens is 376 g/mol. The zero-order valence-electron chi connectivity index (χ0n) is 15.6. The second-order valence-corrected chi connectivity index (χ2v) is 8.06. The van der Waals surface area contributed by atoms with Gasteiger partial charge in [-0.1, -0.05) is 35.9 Å². The fourth-order valence-corrected chi connectivity index (χ4v) is 5.10. The number of carbonyl (C=O) groups excluding carboxylic acids is 1. The molecule has 28 heavy (non-hydrogen) atoms. The lowest BCUT2D eigenvalue weighted by Gasteiger charge is -2.39. The minimum Gasteiger partial charge on any atom is -0.493 e. The van der Waals surface area contributed by atoms with Gasteiger partial charge in [-0.25, -0.2) is 4.79 Å². The zero-order valence-corrected chi connectivity index (χ0v) is 16.4. The van der Waals surface area contributed by atoms with Crippen molar-refractivity contribution in [1.29, 1.82) is 0 Å². The number of benzene rings is 2. The molecule has 1 unspecified atom stereocenters. The lowest BCUT2D eigenvalue weighted by Crippen LogP contribution is -2.44. The number of methoxy groups -OCH3 is 1. The molecule has 0 N–H and O–H groups in total. The molecule has 2 aliphatic carbocycles. The molecule has 2 aromatic rings. The van der Waals surface area contributed by atoms with Crippen LogP contribution in [0.1, 0.15) is 40.7 Å². The molecule has 5 rings (SSSR count). The van der Waals surface area contributed by atoms with Gasteiger partial charge in [-0.2, -0.15) is 0 Å². The fourth-order valence-electron chi connectivity index (χ4n) is 4.88. The van der Waals surface area contributed by atoms with Crippen LogP contribution in [0, 0.1) is 0 Å². The van der Waals surface area contributed by atoms with Crippen molar-refractivity contribution in [3.05, 3.63) is 70.3 Å². The number of halogens is 1. The molecule has 5 heteroatoms. The Morgan fingerprint density at radius 3 is 2.93 bits per heavy atom. The van der Waals surface area contributed by atoms with E-state index >= 15 is 0 Å². The molecule has 3 aliphatic rings. The summed E-state index contributed by atoms with van der Waals surface area (Å²) in [6.45, 7) is 0. The molecule has 0 fully saturated rings. The Morgan fingerprint density at radius 2 is 2.11 bits per heavy atom. The van der Waals surface area contributed by atoms with Crippen LogP contribution >= 0.6 is 11.6 Å². The van der Waals surface area contributed by atoms with Crippen LogP contribution in [-0.2, 0) is 16.6 Å². The van der Waals surface area contributed by atoms with Crippen LogP contribution in [-0.4, -0.2) is 25.3 Å². The normalized spacial score (nSPS) is 26.8. The van der Waals surface area contributed by atoms with Gasteiger partial charge in [-0.05, 0) is 49.1 Å². The summed E-state index contributed by atoms with van der Waals surface area (Å²) in [5, 5.41) is 0.398. The molecule has 0 bridgehead atoms. The van der Waals surface area contributed by atoms with Crippen molar-refractivity contribution in [3.8, 4) is 11.5 Å². The van der Waals surface area contributed by atoms with Gasteiger partial charge in [0, 0.05) is 12.0 Å². The van der Waals surface area contributed by atoms with Crippen LogP contribution in [0.5, 0.6) is 11.5 Å². The lowest BCUT2D eigenvalue weighted by molar-refractivity contribution is 0.0217. The monoisotopic (exact) mass is 396 g/mol. The van der Waals surface area contributed by atoms with Crippen molar-refractivity contribution in [1.82, 2.24) is 0 Å². The summed E-state index contributed by atoms with van der Waals surface area (Å²) in [5.41, 5.74) is 2.83. The third kappa shape index (κ3) is 2.55. The highest BCUT2D eigenvalue weighted by molar-refractivity contribution is 6.33. The maximum Gasteiger partial charge on any atom is 0.340 e. The van der Waals surface area contributed by atoms with Crippen LogP contribution in [0.3, 0.4) is 0 Å². The summed E-state index contributed by atoms with van der Waals surface area (Å²) in [7, 11) is 1.67. The molecule has 144 valence electrons. The van der Waals surface area contributed by atoms with E-state index in [9.17, 15) is 4.79 Å². The molecule has 3 atom stereocenters. The highest BCUT2D eigenvalue weighted by Crippen LogP contribution is 2.57. The van der Waals surface area contributed by atoms with Gasteiger partial charge in [0.1, 0.15) is 12.2 Å². The van der Waals surface area contributed by atoms with Gasteiger partial charge in [0.15, 0.2) is 11.5 Å². The molecular formula is C23H21ClO4. The smallest absolute Gasteiger partial charge is 0.340 e. The summed E-state index contributed by atoms with van der Waals surface area (Å²) in [5.74, 6) is 1.22. The number of hydrogen-bond donors (Lipinski definition) is 0. The summed E-state index contributed by atoms with van der Waals surface area (Å²) < 4.78 is 17.7. The van der Waals surface area contributed by atoms with Gasteiger partial charge in [-0.3, -0.25) is 0 Å². The van der Waals surface area contributed by atoms with Crippen LogP contribution in [0.15, 0.2) is 48.6 Å². The second kappa shape index (κ2) is 6.56. The molecule has 0 saturated carbocycles. The topological polar surface area (TPSA) is 44.8 Å². The first-order valence-corrected chi connectivity index (χ1v) is 10.0. The molecule has 1 spiro atoms. The number of aryl methyl sites for hydroxylation is 1. The van der Waals surface area contributed by atoms with E-state index in [0.29, 0.717) is 17.0 Å². The van der Waals surface area contributed by atoms with Crippen LogP contribution in [0.4, 0.5) is 0 Å². The highest BCUT2D eigenvalue weighted by atomic mass is 35.5. The van der Waals surface area contributed by atoms with Gasteiger partial charge >= 0.3 is 5.97 Å². The molecule has 1 aliphatic heterocycles. The molecule has 0 aromatic heterocycles. The predicted octanol–water partition coefficient (Wildman–Crippen LogP) is 4.87. The van der Waals surface area contributed by atoms with Crippen molar-refractivity contribution in [3.63, 3.8) is 0 Å². The second-order valence-electron chi connectivity index (χ2n) is 7.65. The Hall–Kier alpha value is -2.46. The minimum atomic E-state index is -0.409. The van der Waals surface area contributed by atoms with Gasteiger partial charge in [0.25, 0.3) is 0 Å². The predicted molar refractivity (Wildman–Crippen MR) is 106 cm³/mol. The number of rotatable bonds is 3. The number of hydrogen-bond acceptors (Lipinski definition) is 4. The van der Waals surface area contributed by atoms with E-state index in [1.165, 1.54) is 11.1 Å². The third-order valence-corrected chi connectivity index (χ3v) is 6.50. The maximum absolute atomic E-state index is 12.6. The quantitative estimate of drug-likeness (QED) is 0.548. The number of ether oxygens (including phenoxy) is 3. The van der Waals surface area contributed by atoms with Crippen molar-refractivity contribution in [2.45, 2.75) is 43.3 Å². The van der Waals surface area contributed by atoms with Gasteiger partial charge < -0.3 is 14.2 Å². The molecule has 0 radical (unpaired) electrons. The standard InChI is InChI=1S/C23H21ClO4/c1-26-18-9-8-14-5-4-11-23-12-10-15(13-19(23)28-21(18)20(14)23)27-22(25)16-6-2-3-7-17(16)24/h2-3,6-10,12,15,19H,4-5,11,13H2,1H3/t15-,19?,23+/m0/s1. The van der Waals surface area contributed by atoms with Crippen molar-refractivity contribution >= 4 is 17.6 Å². The Morgan fingerprint density at radius 1 is 1.25 bits per heavy atom. The van der Waals surface area contributed by atoms with Crippen LogP contribution in [0.25, 0.3) is 0 Å². The van der Waals surface area contributed by atoms with E-state index < -0.39 is 5.97 Å². The summed E-state index contributed by atoms with van der Waals surface area (Å²) in [4.78, 5) is 12.6. The number of carbonyl (C=O) groups is 1. The summed E-state index contributed by atoms with van der Waals surface area (Å²) >= 11 is 6.13. The SMILES string of the molecule is COc1ccc2c3c1OC1C[C@@H](OC(=O)c4ccccc4Cl)C=C[C@@]31CCC2. The van der Waals surface area contributed by atoms with E-state index in [4.69, 9.17) is 25.8 Å². The maximum atomic E-state index is 12.6. The highest BCUT2D eigenvalue weighted by Gasteiger charge is 2.53. The Balaban J connectivity index is 1.44. The first-order chi connectivity index (χ1) is 13.6. The lowest BCUT2D eigenvalue weighted by atomic mass is 9.64. The van der Waals surface area contributed by atoms with E-state index in [1.54, 1.807) is 31.4 Å². The fraction of sp³-hybridized carbons (Fsp3) is 0.348. The molecule has 0 saturated heterocycles. The summed E-state index contributed by atoms with van der Waals surface area (Å²) in [6.07, 6.45) is 7.63. The first kappa shape index (κ1) is 17.6. The van der Waals surface area contributed by atoms with Gasteiger partial charge in [0.05, 0.1) is 23.1 Å². The van der Waals surface area contributed by atoms with Crippen molar-refractivity contribution in [2.75, 3.05) is 7.11 Å². The van der Waals surface area contributed by atoms with Crippen LogP contribution < -0.4 is 9.47 Å².